The van der Waals surface area contributed by atoms with Crippen molar-refractivity contribution in [3.63, 3.8) is 0 Å². The molecule has 0 N–H and O–H groups in total. The summed E-state index contributed by atoms with van der Waals surface area (Å²) in [7, 11) is 0. The lowest BCUT2D eigenvalue weighted by Gasteiger charge is -2.31. The van der Waals surface area contributed by atoms with Crippen LogP contribution in [0.5, 0.6) is 5.75 Å². The van der Waals surface area contributed by atoms with Gasteiger partial charge in [0, 0.05) is 5.41 Å². The summed E-state index contributed by atoms with van der Waals surface area (Å²) in [5, 5.41) is 0. The number of benzene rings is 3. The molecule has 0 unspecified atom stereocenters. The van der Waals surface area contributed by atoms with E-state index in [0.717, 1.165) is 49.9 Å². The molecule has 1 nitrogen and oxygen atoms in total. The minimum atomic E-state index is 0.279. The fourth-order valence-corrected chi connectivity index (χ4v) is 6.62. The Morgan fingerprint density at radius 2 is 1.15 bits per heavy atom. The zero-order chi connectivity index (χ0) is 28.5. The van der Waals surface area contributed by atoms with Crippen LogP contribution in [0.15, 0.2) is 60.7 Å². The molecule has 1 fully saturated rings. The van der Waals surface area contributed by atoms with Crippen LogP contribution in [-0.2, 0) is 25.7 Å². The van der Waals surface area contributed by atoms with Gasteiger partial charge in [0.05, 0.1) is 6.61 Å². The normalized spacial score (nSPS) is 17.6. The third-order valence-electron chi connectivity index (χ3n) is 10.2. The van der Waals surface area contributed by atoms with E-state index in [4.69, 9.17) is 4.74 Å². The van der Waals surface area contributed by atoms with Crippen LogP contribution in [0.1, 0.15) is 120 Å². The molecule has 3 aromatic rings. The maximum atomic E-state index is 6.62. The monoisotopic (exact) mass is 538 g/mol. The largest absolute Gasteiger partial charge is 0.492 e. The van der Waals surface area contributed by atoms with Gasteiger partial charge < -0.3 is 4.74 Å². The minimum Gasteiger partial charge on any atom is -0.492 e. The summed E-state index contributed by atoms with van der Waals surface area (Å²) in [5.74, 6) is 2.82. The second kappa shape index (κ2) is 14.4. The maximum absolute atomic E-state index is 6.62. The van der Waals surface area contributed by atoms with E-state index in [0.29, 0.717) is 0 Å². The summed E-state index contributed by atoms with van der Waals surface area (Å²) in [4.78, 5) is 0. The smallest absolute Gasteiger partial charge is 0.125 e. The van der Waals surface area contributed by atoms with Crippen molar-refractivity contribution in [3.8, 4) is 16.9 Å². The average Bonchev–Trinajstić information content (AvgIpc) is 3.01. The van der Waals surface area contributed by atoms with Gasteiger partial charge in [-0.3, -0.25) is 0 Å². The molecule has 0 atom stereocenters. The second-order valence-corrected chi connectivity index (χ2v) is 12.6. The Morgan fingerprint density at radius 1 is 0.650 bits per heavy atom. The molecule has 1 aliphatic carbocycles. The van der Waals surface area contributed by atoms with Crippen LogP contribution >= 0.6 is 0 Å². The van der Waals surface area contributed by atoms with Gasteiger partial charge in [0.15, 0.2) is 0 Å². The first-order chi connectivity index (χ1) is 19.4. The van der Waals surface area contributed by atoms with Crippen LogP contribution < -0.4 is 4.74 Å². The molecule has 0 spiro atoms. The average molecular weight is 539 g/mol. The van der Waals surface area contributed by atoms with E-state index >= 15 is 0 Å². The summed E-state index contributed by atoms with van der Waals surface area (Å²) in [6.45, 7) is 14.6. The topological polar surface area (TPSA) is 9.23 Å². The molecule has 1 heteroatoms. The van der Waals surface area contributed by atoms with Crippen LogP contribution in [-0.4, -0.2) is 6.61 Å². The van der Waals surface area contributed by atoms with Gasteiger partial charge in [0.25, 0.3) is 0 Å². The van der Waals surface area contributed by atoms with Crippen molar-refractivity contribution in [2.24, 2.45) is 11.3 Å². The molecule has 0 aromatic heterocycles. The van der Waals surface area contributed by atoms with E-state index < -0.39 is 0 Å². The minimum absolute atomic E-state index is 0.279. The van der Waals surface area contributed by atoms with Crippen LogP contribution in [0.25, 0.3) is 11.1 Å². The summed E-state index contributed by atoms with van der Waals surface area (Å²) in [5.41, 5.74) is 9.98. The zero-order valence-corrected chi connectivity index (χ0v) is 26.3. The van der Waals surface area contributed by atoms with Gasteiger partial charge in [-0.25, -0.2) is 0 Å². The summed E-state index contributed by atoms with van der Waals surface area (Å²) >= 11 is 0. The summed E-state index contributed by atoms with van der Waals surface area (Å²) in [6.07, 6.45) is 13.2. The number of hydrogen-bond donors (Lipinski definition) is 0. The van der Waals surface area contributed by atoms with Crippen molar-refractivity contribution < 1.29 is 4.74 Å². The number of aryl methyl sites for hydroxylation is 4. The molecule has 0 heterocycles. The standard InChI is InChI=1S/C39H54O/c1-7-32-26-37(27-33(8-2)38(32)40-28-39(9-3,10-4)11-5)36-24-18-31(19-25-36)15-14-30-16-22-35(23-17-30)34-20-12-29(6)13-21-34/h16-19,22-27,29,34H,7-15,20-21,28H2,1-6H3. The van der Waals surface area contributed by atoms with Crippen LogP contribution in [0.2, 0.25) is 0 Å². The quantitative estimate of drug-likeness (QED) is 0.210. The van der Waals surface area contributed by atoms with E-state index in [1.54, 1.807) is 5.56 Å². The highest BCUT2D eigenvalue weighted by atomic mass is 16.5. The van der Waals surface area contributed by atoms with E-state index in [9.17, 15) is 0 Å². The lowest BCUT2D eigenvalue weighted by atomic mass is 9.79. The van der Waals surface area contributed by atoms with Gasteiger partial charge >= 0.3 is 0 Å². The molecule has 0 bridgehead atoms. The van der Waals surface area contributed by atoms with Crippen molar-refractivity contribution >= 4 is 0 Å². The molecule has 1 saturated carbocycles. The van der Waals surface area contributed by atoms with Gasteiger partial charge in [0.2, 0.25) is 0 Å². The first kappa shape index (κ1) is 30.4. The third kappa shape index (κ3) is 7.39. The first-order valence-electron chi connectivity index (χ1n) is 16.4. The Hall–Kier alpha value is -2.54. The molecule has 0 saturated heterocycles. The first-order valence-corrected chi connectivity index (χ1v) is 16.4. The lowest BCUT2D eigenvalue weighted by Crippen LogP contribution is -2.27. The van der Waals surface area contributed by atoms with Crippen molar-refractivity contribution in [1.29, 1.82) is 0 Å². The Kier molecular flexibility index (Phi) is 10.9. The highest BCUT2D eigenvalue weighted by molar-refractivity contribution is 5.68. The number of ether oxygens (including phenoxy) is 1. The molecular weight excluding hydrogens is 484 g/mol. The van der Waals surface area contributed by atoms with Crippen LogP contribution in [0, 0.1) is 11.3 Å². The predicted molar refractivity (Wildman–Crippen MR) is 174 cm³/mol. The Balaban J connectivity index is 1.41. The van der Waals surface area contributed by atoms with Crippen molar-refractivity contribution in [3.05, 3.63) is 88.5 Å². The van der Waals surface area contributed by atoms with E-state index in [1.165, 1.54) is 78.3 Å². The van der Waals surface area contributed by atoms with E-state index in [1.807, 2.05) is 0 Å². The molecule has 3 aromatic carbocycles. The Bertz CT molecular complexity index is 1140. The molecule has 40 heavy (non-hydrogen) atoms. The van der Waals surface area contributed by atoms with E-state index in [2.05, 4.69) is 102 Å². The Morgan fingerprint density at radius 3 is 1.62 bits per heavy atom. The number of rotatable bonds is 13. The highest BCUT2D eigenvalue weighted by Crippen LogP contribution is 2.37. The zero-order valence-electron chi connectivity index (χ0n) is 26.3. The predicted octanol–water partition coefficient (Wildman–Crippen LogP) is 11.2. The van der Waals surface area contributed by atoms with Gasteiger partial charge in [-0.05, 0) is 121 Å². The van der Waals surface area contributed by atoms with Crippen LogP contribution in [0.3, 0.4) is 0 Å². The van der Waals surface area contributed by atoms with Gasteiger partial charge in [-0.1, -0.05) is 103 Å². The molecule has 0 amide bonds. The van der Waals surface area contributed by atoms with Gasteiger partial charge in [0.1, 0.15) is 5.75 Å². The summed E-state index contributed by atoms with van der Waals surface area (Å²) < 4.78 is 6.62. The van der Waals surface area contributed by atoms with Crippen molar-refractivity contribution in [2.75, 3.05) is 6.61 Å². The lowest BCUT2D eigenvalue weighted by molar-refractivity contribution is 0.126. The fraction of sp³-hybridized carbons (Fsp3) is 0.538. The molecule has 1 aliphatic rings. The van der Waals surface area contributed by atoms with Crippen molar-refractivity contribution in [2.45, 2.75) is 118 Å². The molecule has 0 radical (unpaired) electrons. The van der Waals surface area contributed by atoms with Gasteiger partial charge in [-0.15, -0.1) is 0 Å². The fourth-order valence-electron chi connectivity index (χ4n) is 6.62. The van der Waals surface area contributed by atoms with E-state index in [-0.39, 0.29) is 5.41 Å². The Labute approximate surface area is 245 Å². The second-order valence-electron chi connectivity index (χ2n) is 12.6. The summed E-state index contributed by atoms with van der Waals surface area (Å²) in [6, 6.07) is 23.5. The molecule has 0 aliphatic heterocycles. The SMILES string of the molecule is CCc1cc(-c2ccc(CCc3ccc(C4CCC(C)CC4)cc3)cc2)cc(CC)c1OCC(CC)(CC)CC. The van der Waals surface area contributed by atoms with Crippen LogP contribution in [0.4, 0.5) is 0 Å². The molecule has 216 valence electrons. The molecular formula is C39H54O. The van der Waals surface area contributed by atoms with Crippen molar-refractivity contribution in [1.82, 2.24) is 0 Å². The van der Waals surface area contributed by atoms with Gasteiger partial charge in [-0.2, -0.15) is 0 Å². The maximum Gasteiger partial charge on any atom is 0.125 e. The molecule has 4 rings (SSSR count). The highest BCUT2D eigenvalue weighted by Gasteiger charge is 2.26. The third-order valence-corrected chi connectivity index (χ3v) is 10.2. The number of hydrogen-bond acceptors (Lipinski definition) is 1.